The minimum atomic E-state index is -0.468. The quantitative estimate of drug-likeness (QED) is 0.0937. The number of ether oxygens (including phenoxy) is 3. The zero-order valence-electron chi connectivity index (χ0n) is 24.2. The molecule has 4 rings (SSSR count). The third-order valence-corrected chi connectivity index (χ3v) is 7.90. The van der Waals surface area contributed by atoms with Crippen molar-refractivity contribution in [2.24, 2.45) is 0 Å². The number of unbranched alkanes of at least 4 members (excludes halogenated alkanes) is 3. The summed E-state index contributed by atoms with van der Waals surface area (Å²) in [6.45, 7) is 6.36. The highest BCUT2D eigenvalue weighted by atomic mass is 32.1. The van der Waals surface area contributed by atoms with E-state index in [0.717, 1.165) is 48.8 Å². The van der Waals surface area contributed by atoms with Crippen molar-refractivity contribution in [3.05, 3.63) is 77.5 Å². The average molecular weight is 579 g/mol. The van der Waals surface area contributed by atoms with Gasteiger partial charge in [-0.2, -0.15) is 4.37 Å². The summed E-state index contributed by atoms with van der Waals surface area (Å²) >= 11 is 1.16. The minimum absolute atomic E-state index is 0.00344. The number of esters is 2. The van der Waals surface area contributed by atoms with E-state index < -0.39 is 5.97 Å². The predicted molar refractivity (Wildman–Crippen MR) is 160 cm³/mol. The molecular weight excluding hydrogens is 538 g/mol. The molecule has 1 aliphatic heterocycles. The largest absolute Gasteiger partial charge is 0.475 e. The molecule has 1 aliphatic rings. The monoisotopic (exact) mass is 578 g/mol. The van der Waals surface area contributed by atoms with E-state index in [1.165, 1.54) is 12.8 Å². The molecule has 9 heteroatoms. The molecule has 3 aromatic rings. The van der Waals surface area contributed by atoms with E-state index in [4.69, 9.17) is 14.2 Å². The number of rotatable bonds is 14. The van der Waals surface area contributed by atoms with Crippen LogP contribution in [0.5, 0.6) is 11.6 Å². The Hall–Kier alpha value is -3.56. The normalized spacial score (nSPS) is 17.4. The third kappa shape index (κ3) is 8.24. The highest BCUT2D eigenvalue weighted by Gasteiger charge is 2.38. The lowest BCUT2D eigenvalue weighted by Crippen LogP contribution is -2.56. The standard InChI is InChI=1S/C32H40N3O5S/c1-4-6-7-13-21-38-31-30(33-41-34-31)26-18-14-20-35(3,23-26)28(5-2)40-29(36)22-25-17-11-12-19-27(25)39-32(37)24-15-9-8-10-16-24/h8-12,15-19,28H,4-7,13-14,20-23H2,1-3H3/q+1. The summed E-state index contributed by atoms with van der Waals surface area (Å²) in [5.74, 6) is 0.123. The molecular formula is C32H40N3O5S+. The lowest BCUT2D eigenvalue weighted by atomic mass is 10.0. The fourth-order valence-electron chi connectivity index (χ4n) is 5.14. The van der Waals surface area contributed by atoms with Gasteiger partial charge in [0.15, 0.2) is 0 Å². The van der Waals surface area contributed by atoms with Gasteiger partial charge < -0.3 is 14.2 Å². The Kier molecular flexibility index (Phi) is 11.0. The summed E-state index contributed by atoms with van der Waals surface area (Å²) in [4.78, 5) is 25.8. The van der Waals surface area contributed by atoms with Gasteiger partial charge in [0.25, 0.3) is 5.88 Å². The van der Waals surface area contributed by atoms with Crippen molar-refractivity contribution in [1.29, 1.82) is 0 Å². The Bertz CT molecular complexity index is 1330. The topological polar surface area (TPSA) is 87.6 Å². The molecule has 2 atom stereocenters. The molecule has 0 saturated heterocycles. The molecule has 0 fully saturated rings. The highest BCUT2D eigenvalue weighted by Crippen LogP contribution is 2.32. The second-order valence-electron chi connectivity index (χ2n) is 10.6. The van der Waals surface area contributed by atoms with E-state index in [1.54, 1.807) is 42.5 Å². The zero-order chi connectivity index (χ0) is 29.1. The van der Waals surface area contributed by atoms with Crippen molar-refractivity contribution in [2.45, 2.75) is 65.0 Å². The van der Waals surface area contributed by atoms with Gasteiger partial charge in [0.2, 0.25) is 6.23 Å². The first-order valence-electron chi connectivity index (χ1n) is 14.5. The van der Waals surface area contributed by atoms with Crippen molar-refractivity contribution >= 4 is 29.2 Å². The van der Waals surface area contributed by atoms with E-state index >= 15 is 0 Å². The molecule has 0 spiro atoms. The number of para-hydroxylation sites is 1. The van der Waals surface area contributed by atoms with Crippen LogP contribution in [0.15, 0.2) is 60.7 Å². The summed E-state index contributed by atoms with van der Waals surface area (Å²) in [6.07, 6.45) is 7.90. The molecule has 218 valence electrons. The second-order valence-corrected chi connectivity index (χ2v) is 11.1. The SMILES string of the molecule is CCCCCCOc1nsnc1C1=CCC[N+](C)(C(CC)OC(=O)Cc2ccccc2OC(=O)c2ccccc2)C1. The number of hydrogen-bond donors (Lipinski definition) is 0. The van der Waals surface area contributed by atoms with Crippen LogP contribution in [0, 0.1) is 0 Å². The van der Waals surface area contributed by atoms with Gasteiger partial charge >= 0.3 is 11.9 Å². The van der Waals surface area contributed by atoms with Gasteiger partial charge in [-0.3, -0.25) is 9.28 Å². The van der Waals surface area contributed by atoms with Crippen LogP contribution in [-0.4, -0.2) is 58.1 Å². The maximum Gasteiger partial charge on any atom is 0.343 e. The number of likely N-dealkylation sites (N-methyl/N-ethyl adjacent to an activating group) is 1. The lowest BCUT2D eigenvalue weighted by Gasteiger charge is -2.42. The lowest BCUT2D eigenvalue weighted by molar-refractivity contribution is -0.947. The fraction of sp³-hybridized carbons (Fsp3) is 0.438. The summed E-state index contributed by atoms with van der Waals surface area (Å²) in [7, 11) is 2.12. The molecule has 0 saturated carbocycles. The smallest absolute Gasteiger partial charge is 0.343 e. The van der Waals surface area contributed by atoms with Crippen LogP contribution in [0.25, 0.3) is 5.57 Å². The van der Waals surface area contributed by atoms with Crippen molar-refractivity contribution < 1.29 is 28.3 Å². The molecule has 8 nitrogen and oxygen atoms in total. The zero-order valence-corrected chi connectivity index (χ0v) is 25.0. The number of aromatic nitrogens is 2. The van der Waals surface area contributed by atoms with Gasteiger partial charge in [-0.15, -0.1) is 4.37 Å². The van der Waals surface area contributed by atoms with Gasteiger partial charge in [-0.05, 0) is 24.6 Å². The molecule has 1 aromatic heterocycles. The van der Waals surface area contributed by atoms with Crippen molar-refractivity contribution in [1.82, 2.24) is 8.75 Å². The number of nitrogens with zero attached hydrogens (tertiary/aromatic N) is 3. The Morgan fingerprint density at radius 3 is 2.56 bits per heavy atom. The van der Waals surface area contributed by atoms with Crippen LogP contribution < -0.4 is 9.47 Å². The Balaban J connectivity index is 1.39. The van der Waals surface area contributed by atoms with E-state index in [2.05, 4.69) is 28.8 Å². The van der Waals surface area contributed by atoms with Crippen LogP contribution >= 0.6 is 11.7 Å². The Morgan fingerprint density at radius 2 is 1.78 bits per heavy atom. The Morgan fingerprint density at radius 1 is 1.00 bits per heavy atom. The van der Waals surface area contributed by atoms with Crippen LogP contribution in [0.4, 0.5) is 0 Å². The molecule has 2 aromatic carbocycles. The molecule has 0 N–H and O–H groups in total. The molecule has 0 amide bonds. The van der Waals surface area contributed by atoms with E-state index in [-0.39, 0.29) is 18.6 Å². The first kappa shape index (κ1) is 30.4. The second kappa shape index (κ2) is 14.9. The summed E-state index contributed by atoms with van der Waals surface area (Å²) in [5.41, 5.74) is 2.92. The first-order chi connectivity index (χ1) is 19.9. The van der Waals surface area contributed by atoms with Gasteiger partial charge in [0.05, 0.1) is 43.9 Å². The van der Waals surface area contributed by atoms with E-state index in [9.17, 15) is 9.59 Å². The van der Waals surface area contributed by atoms with Crippen molar-refractivity contribution in [3.8, 4) is 11.6 Å². The number of hydrogen-bond acceptors (Lipinski definition) is 8. The predicted octanol–water partition coefficient (Wildman–Crippen LogP) is 6.47. The van der Waals surface area contributed by atoms with Crippen molar-refractivity contribution in [3.63, 3.8) is 0 Å². The molecule has 0 bridgehead atoms. The molecule has 2 unspecified atom stereocenters. The van der Waals surface area contributed by atoms with Crippen LogP contribution in [0.3, 0.4) is 0 Å². The Labute approximate surface area is 246 Å². The maximum absolute atomic E-state index is 13.2. The number of carbonyl (C=O) groups is 2. The highest BCUT2D eigenvalue weighted by molar-refractivity contribution is 6.99. The van der Waals surface area contributed by atoms with Gasteiger partial charge in [0, 0.05) is 24.0 Å². The van der Waals surface area contributed by atoms with Crippen LogP contribution in [-0.2, 0) is 16.0 Å². The van der Waals surface area contributed by atoms with Crippen LogP contribution in [0.2, 0.25) is 0 Å². The summed E-state index contributed by atoms with van der Waals surface area (Å²) in [6, 6.07) is 15.9. The number of quaternary nitrogens is 1. The molecule has 41 heavy (non-hydrogen) atoms. The summed E-state index contributed by atoms with van der Waals surface area (Å²) in [5, 5.41) is 0. The van der Waals surface area contributed by atoms with E-state index in [1.807, 2.05) is 19.1 Å². The molecule has 0 radical (unpaired) electrons. The average Bonchev–Trinajstić information content (AvgIpc) is 3.46. The minimum Gasteiger partial charge on any atom is -0.475 e. The van der Waals surface area contributed by atoms with Crippen molar-refractivity contribution in [2.75, 3.05) is 26.7 Å². The first-order valence-corrected chi connectivity index (χ1v) is 15.2. The van der Waals surface area contributed by atoms with Gasteiger partial charge in [0.1, 0.15) is 18.0 Å². The third-order valence-electron chi connectivity index (χ3n) is 7.39. The van der Waals surface area contributed by atoms with Gasteiger partial charge in [-0.1, -0.05) is 75.6 Å². The fourth-order valence-corrected chi connectivity index (χ4v) is 5.67. The van der Waals surface area contributed by atoms with E-state index in [0.29, 0.717) is 46.8 Å². The number of benzene rings is 2. The molecule has 0 aliphatic carbocycles. The number of carbonyl (C=O) groups excluding carboxylic acids is 2. The summed E-state index contributed by atoms with van der Waals surface area (Å²) < 4.78 is 27.2. The molecule has 2 heterocycles. The van der Waals surface area contributed by atoms with Crippen LogP contribution in [0.1, 0.15) is 74.0 Å². The maximum atomic E-state index is 13.2. The van der Waals surface area contributed by atoms with Gasteiger partial charge in [-0.25, -0.2) is 4.79 Å².